The molecule has 0 aliphatic heterocycles. The lowest BCUT2D eigenvalue weighted by molar-refractivity contribution is -0.135. The lowest BCUT2D eigenvalue weighted by Crippen LogP contribution is -2.31. The van der Waals surface area contributed by atoms with E-state index in [4.69, 9.17) is 5.11 Å². The van der Waals surface area contributed by atoms with Crippen molar-refractivity contribution in [3.63, 3.8) is 0 Å². The average molecular weight is 291 g/mol. The van der Waals surface area contributed by atoms with Crippen molar-refractivity contribution in [3.8, 4) is 0 Å². The molecule has 0 aliphatic rings. The van der Waals surface area contributed by atoms with E-state index in [0.29, 0.717) is 17.8 Å². The SMILES string of the molecule is C=CCN(C)C(=O)Nc1ccc(C(=O)NCC(=O)O)cc1. The Morgan fingerprint density at radius 2 is 1.90 bits per heavy atom. The fourth-order valence-corrected chi connectivity index (χ4v) is 1.46. The van der Waals surface area contributed by atoms with Crippen molar-refractivity contribution < 1.29 is 19.5 Å². The first-order chi connectivity index (χ1) is 9.93. The standard InChI is InChI=1S/C14H17N3O4/c1-3-8-17(2)14(21)16-11-6-4-10(5-7-11)13(20)15-9-12(18)19/h3-7H,1,8-9H2,2H3,(H,15,20)(H,16,21)(H,18,19). The molecule has 3 N–H and O–H groups in total. The number of carboxylic acid groups (broad SMARTS) is 1. The molecule has 0 saturated carbocycles. The molecule has 3 amide bonds. The van der Waals surface area contributed by atoms with Gasteiger partial charge in [0.1, 0.15) is 6.54 Å². The molecule has 7 nitrogen and oxygen atoms in total. The number of urea groups is 1. The molecule has 112 valence electrons. The summed E-state index contributed by atoms with van der Waals surface area (Å²) in [5.74, 6) is -1.60. The zero-order valence-corrected chi connectivity index (χ0v) is 11.6. The third-order valence-electron chi connectivity index (χ3n) is 2.55. The van der Waals surface area contributed by atoms with E-state index in [-0.39, 0.29) is 6.03 Å². The van der Waals surface area contributed by atoms with Gasteiger partial charge in [0.25, 0.3) is 5.91 Å². The molecule has 1 aromatic rings. The van der Waals surface area contributed by atoms with Crippen molar-refractivity contribution >= 4 is 23.6 Å². The van der Waals surface area contributed by atoms with Crippen molar-refractivity contribution in [2.24, 2.45) is 0 Å². The van der Waals surface area contributed by atoms with Crippen LogP contribution in [-0.2, 0) is 4.79 Å². The van der Waals surface area contributed by atoms with Crippen LogP contribution >= 0.6 is 0 Å². The Hall–Kier alpha value is -2.83. The number of nitrogens with zero attached hydrogens (tertiary/aromatic N) is 1. The second-order valence-corrected chi connectivity index (χ2v) is 4.25. The highest BCUT2D eigenvalue weighted by molar-refractivity contribution is 5.96. The molecule has 0 unspecified atom stereocenters. The molecule has 0 saturated heterocycles. The topological polar surface area (TPSA) is 98.7 Å². The first-order valence-corrected chi connectivity index (χ1v) is 6.17. The predicted molar refractivity (Wildman–Crippen MR) is 78.3 cm³/mol. The molecule has 1 rings (SSSR count). The Balaban J connectivity index is 2.61. The van der Waals surface area contributed by atoms with Gasteiger partial charge in [-0.1, -0.05) is 6.08 Å². The summed E-state index contributed by atoms with van der Waals surface area (Å²) < 4.78 is 0. The number of aliphatic carboxylic acids is 1. The van der Waals surface area contributed by atoms with Crippen LogP contribution in [0.5, 0.6) is 0 Å². The molecule has 0 aliphatic carbocycles. The Labute approximate surface area is 122 Å². The van der Waals surface area contributed by atoms with Crippen LogP contribution in [0.2, 0.25) is 0 Å². The maximum Gasteiger partial charge on any atom is 0.322 e. The summed E-state index contributed by atoms with van der Waals surface area (Å²) in [4.78, 5) is 35.1. The highest BCUT2D eigenvalue weighted by Crippen LogP contribution is 2.10. The van der Waals surface area contributed by atoms with E-state index in [1.54, 1.807) is 25.3 Å². The minimum atomic E-state index is -1.11. The van der Waals surface area contributed by atoms with E-state index in [1.165, 1.54) is 17.0 Å². The number of rotatable bonds is 6. The normalized spacial score (nSPS) is 9.57. The van der Waals surface area contributed by atoms with E-state index >= 15 is 0 Å². The zero-order chi connectivity index (χ0) is 15.8. The van der Waals surface area contributed by atoms with E-state index in [0.717, 1.165) is 0 Å². The van der Waals surface area contributed by atoms with Crippen LogP contribution in [0.4, 0.5) is 10.5 Å². The van der Waals surface area contributed by atoms with Crippen molar-refractivity contribution in [1.82, 2.24) is 10.2 Å². The number of likely N-dealkylation sites (N-methyl/N-ethyl adjacent to an activating group) is 1. The molecule has 0 heterocycles. The summed E-state index contributed by atoms with van der Waals surface area (Å²) in [6, 6.07) is 5.84. The second-order valence-electron chi connectivity index (χ2n) is 4.25. The fourth-order valence-electron chi connectivity index (χ4n) is 1.46. The average Bonchev–Trinajstić information content (AvgIpc) is 2.45. The number of benzene rings is 1. The minimum absolute atomic E-state index is 0.294. The molecule has 0 fully saturated rings. The van der Waals surface area contributed by atoms with Gasteiger partial charge in [-0.25, -0.2) is 4.79 Å². The largest absolute Gasteiger partial charge is 0.480 e. The van der Waals surface area contributed by atoms with Crippen LogP contribution in [0.25, 0.3) is 0 Å². The molecule has 7 heteroatoms. The number of hydrogen-bond donors (Lipinski definition) is 3. The summed E-state index contributed by atoms with van der Waals surface area (Å²) in [5.41, 5.74) is 0.847. The number of hydrogen-bond acceptors (Lipinski definition) is 3. The Morgan fingerprint density at radius 1 is 1.29 bits per heavy atom. The zero-order valence-electron chi connectivity index (χ0n) is 11.6. The molecule has 0 radical (unpaired) electrons. The number of carbonyl (C=O) groups is 3. The van der Waals surface area contributed by atoms with Gasteiger partial charge in [0, 0.05) is 24.8 Å². The van der Waals surface area contributed by atoms with E-state index in [2.05, 4.69) is 17.2 Å². The number of amides is 3. The third-order valence-corrected chi connectivity index (χ3v) is 2.55. The molecule has 21 heavy (non-hydrogen) atoms. The van der Waals surface area contributed by atoms with Crippen LogP contribution in [0.3, 0.4) is 0 Å². The van der Waals surface area contributed by atoms with Crippen molar-refractivity contribution in [2.75, 3.05) is 25.5 Å². The van der Waals surface area contributed by atoms with Crippen LogP contribution < -0.4 is 10.6 Å². The highest BCUT2D eigenvalue weighted by atomic mass is 16.4. The lowest BCUT2D eigenvalue weighted by Gasteiger charge is -2.15. The Kier molecular flexibility index (Phi) is 5.94. The summed E-state index contributed by atoms with van der Waals surface area (Å²) in [5, 5.41) is 13.4. The van der Waals surface area contributed by atoms with Crippen LogP contribution in [0.15, 0.2) is 36.9 Å². The smallest absolute Gasteiger partial charge is 0.322 e. The summed E-state index contributed by atoms with van der Waals surface area (Å²) >= 11 is 0. The third kappa shape index (κ3) is 5.35. The van der Waals surface area contributed by atoms with Crippen LogP contribution in [0.1, 0.15) is 10.4 Å². The summed E-state index contributed by atoms with van der Waals surface area (Å²) in [6.45, 7) is 3.52. The van der Waals surface area contributed by atoms with Gasteiger partial charge in [-0.05, 0) is 24.3 Å². The summed E-state index contributed by atoms with van der Waals surface area (Å²) in [7, 11) is 1.63. The molecule has 0 aromatic heterocycles. The quantitative estimate of drug-likeness (QED) is 0.685. The van der Waals surface area contributed by atoms with Crippen molar-refractivity contribution in [3.05, 3.63) is 42.5 Å². The Bertz CT molecular complexity index is 540. The number of nitrogens with one attached hydrogen (secondary N) is 2. The summed E-state index contributed by atoms with van der Waals surface area (Å²) in [6.07, 6.45) is 1.61. The molecular formula is C14H17N3O4. The fraction of sp³-hybridized carbons (Fsp3) is 0.214. The maximum atomic E-state index is 11.7. The number of carbonyl (C=O) groups excluding carboxylic acids is 2. The van der Waals surface area contributed by atoms with Gasteiger partial charge in [-0.3, -0.25) is 9.59 Å². The first kappa shape index (κ1) is 16.2. The second kappa shape index (κ2) is 7.68. The molecular weight excluding hydrogens is 274 g/mol. The maximum absolute atomic E-state index is 11.7. The molecule has 0 bridgehead atoms. The van der Waals surface area contributed by atoms with Gasteiger partial charge in [-0.15, -0.1) is 6.58 Å². The van der Waals surface area contributed by atoms with E-state index < -0.39 is 18.4 Å². The highest BCUT2D eigenvalue weighted by Gasteiger charge is 2.09. The molecule has 0 spiro atoms. The van der Waals surface area contributed by atoms with Gasteiger partial charge >= 0.3 is 12.0 Å². The van der Waals surface area contributed by atoms with Crippen LogP contribution in [0, 0.1) is 0 Å². The van der Waals surface area contributed by atoms with Gasteiger partial charge in [-0.2, -0.15) is 0 Å². The predicted octanol–water partition coefficient (Wildman–Crippen LogP) is 1.15. The monoisotopic (exact) mass is 291 g/mol. The molecule has 1 aromatic carbocycles. The van der Waals surface area contributed by atoms with E-state index in [1.807, 2.05) is 0 Å². The lowest BCUT2D eigenvalue weighted by atomic mass is 10.2. The van der Waals surface area contributed by atoms with Gasteiger partial charge in [0.15, 0.2) is 0 Å². The van der Waals surface area contributed by atoms with Gasteiger partial charge in [0.05, 0.1) is 0 Å². The minimum Gasteiger partial charge on any atom is -0.480 e. The molecule has 0 atom stereocenters. The number of carboxylic acids is 1. The van der Waals surface area contributed by atoms with Gasteiger partial charge in [0.2, 0.25) is 0 Å². The first-order valence-electron chi connectivity index (χ1n) is 6.17. The van der Waals surface area contributed by atoms with Crippen molar-refractivity contribution in [1.29, 1.82) is 0 Å². The van der Waals surface area contributed by atoms with Crippen molar-refractivity contribution in [2.45, 2.75) is 0 Å². The Morgan fingerprint density at radius 3 is 2.43 bits per heavy atom. The van der Waals surface area contributed by atoms with Gasteiger partial charge < -0.3 is 20.6 Å². The number of anilines is 1. The van der Waals surface area contributed by atoms with E-state index in [9.17, 15) is 14.4 Å². The van der Waals surface area contributed by atoms with Crippen LogP contribution in [-0.4, -0.2) is 48.1 Å².